The first-order valence-electron chi connectivity index (χ1n) is 12.4. The van der Waals surface area contributed by atoms with Crippen molar-refractivity contribution in [1.82, 2.24) is 19.3 Å². The summed E-state index contributed by atoms with van der Waals surface area (Å²) in [6.07, 6.45) is 0.0806. The van der Waals surface area contributed by atoms with Crippen LogP contribution in [0.3, 0.4) is 0 Å². The molecule has 4 aromatic rings. The van der Waals surface area contributed by atoms with Gasteiger partial charge in [-0.2, -0.15) is 5.10 Å². The van der Waals surface area contributed by atoms with E-state index in [2.05, 4.69) is 9.84 Å². The summed E-state index contributed by atoms with van der Waals surface area (Å²) in [5.41, 5.74) is 2.94. The highest BCUT2D eigenvalue weighted by molar-refractivity contribution is 5.79. The molecule has 2 heterocycles. The minimum Gasteiger partial charge on any atom is -0.487 e. The Kier molecular flexibility index (Phi) is 9.49. The van der Waals surface area contributed by atoms with E-state index in [1.54, 1.807) is 16.8 Å². The molecule has 5 rings (SSSR count). The first-order valence-corrected chi connectivity index (χ1v) is 12.4. The third-order valence-electron chi connectivity index (χ3n) is 6.82. The summed E-state index contributed by atoms with van der Waals surface area (Å²) in [5.74, 6) is -0.726. The Bertz CT molecular complexity index is 1430. The van der Waals surface area contributed by atoms with Crippen molar-refractivity contribution < 1.29 is 32.5 Å². The molecule has 1 N–H and O–H groups in total. The average Bonchev–Trinajstić information content (AvgIpc) is 3.46. The lowest BCUT2D eigenvalue weighted by molar-refractivity contribution is -0.274. The molecule has 1 saturated carbocycles. The minimum absolute atomic E-state index is 0. The summed E-state index contributed by atoms with van der Waals surface area (Å²) in [4.78, 5) is 16.9. The number of ether oxygens (including phenoxy) is 2. The maximum absolute atomic E-state index is 12.6. The Balaban J connectivity index is 0.00000220. The fourth-order valence-electron chi connectivity index (χ4n) is 5.07. The molecule has 1 aliphatic rings. The van der Waals surface area contributed by atoms with Crippen LogP contribution in [0.5, 0.6) is 11.5 Å². The molecule has 8 nitrogen and oxygen atoms in total. The van der Waals surface area contributed by atoms with Crippen LogP contribution in [0.15, 0.2) is 54.7 Å². The smallest absolute Gasteiger partial charge is 0.487 e. The van der Waals surface area contributed by atoms with Gasteiger partial charge in [0.2, 0.25) is 0 Å². The van der Waals surface area contributed by atoms with E-state index in [1.165, 1.54) is 12.1 Å². The summed E-state index contributed by atoms with van der Waals surface area (Å²) in [6, 6.07) is 13.0. The Morgan fingerprint density at radius 1 is 1.05 bits per heavy atom. The number of hydrogen-bond donors (Lipinski definition) is 1. The van der Waals surface area contributed by atoms with Gasteiger partial charge in [-0.15, -0.1) is 13.2 Å². The Morgan fingerprint density at radius 3 is 2.40 bits per heavy atom. The number of aliphatic carboxylic acids is 1. The van der Waals surface area contributed by atoms with Crippen molar-refractivity contribution in [2.75, 3.05) is 0 Å². The van der Waals surface area contributed by atoms with Crippen LogP contribution in [0.25, 0.3) is 11.0 Å². The molecule has 1 unspecified atom stereocenters. The highest BCUT2D eigenvalue weighted by Crippen LogP contribution is 2.39. The van der Waals surface area contributed by atoms with Crippen molar-refractivity contribution in [2.24, 2.45) is 13.0 Å². The van der Waals surface area contributed by atoms with Gasteiger partial charge in [0.15, 0.2) is 0 Å². The van der Waals surface area contributed by atoms with Gasteiger partial charge in [-0.05, 0) is 48.7 Å². The number of hydrogen-bond acceptors (Lipinski definition) is 5. The number of nitrogens with zero attached hydrogens (tertiary/aromatic N) is 4. The Labute approximate surface area is 231 Å². The Hall–Kier alpha value is -4.02. The zero-order valence-electron chi connectivity index (χ0n) is 20.7. The molecule has 0 radical (unpaired) electrons. The topological polar surface area (TPSA) is 91.4 Å². The number of carboxylic acids is 1. The van der Waals surface area contributed by atoms with Crippen LogP contribution in [0.4, 0.5) is 13.2 Å². The van der Waals surface area contributed by atoms with Gasteiger partial charge < -0.3 is 19.1 Å². The van der Waals surface area contributed by atoms with E-state index >= 15 is 0 Å². The molecule has 0 amide bonds. The molecule has 0 saturated heterocycles. The zero-order chi connectivity index (χ0) is 26.9. The second-order valence-electron chi connectivity index (χ2n) is 9.50. The van der Waals surface area contributed by atoms with Gasteiger partial charge >= 0.3 is 12.3 Å². The molecule has 2 aromatic heterocycles. The molecule has 40 heavy (non-hydrogen) atoms. The number of carbonyl (C=O) groups is 1. The number of carboxylic acid groups (broad SMARTS) is 1. The normalized spacial score (nSPS) is 17.1. The molecule has 11 heteroatoms. The summed E-state index contributed by atoms with van der Waals surface area (Å²) in [6.45, 7) is 0.572. The predicted octanol–water partition coefficient (Wildman–Crippen LogP) is 6.93. The van der Waals surface area contributed by atoms with E-state index in [0.29, 0.717) is 36.5 Å². The van der Waals surface area contributed by atoms with Crippen LogP contribution in [0, 0.1) is 5.92 Å². The first-order chi connectivity index (χ1) is 18.2. The lowest BCUT2D eigenvalue weighted by Crippen LogP contribution is -2.27. The van der Waals surface area contributed by atoms with Gasteiger partial charge in [0.1, 0.15) is 23.9 Å². The fourth-order valence-corrected chi connectivity index (χ4v) is 5.07. The second kappa shape index (κ2) is 12.4. The number of halogens is 3. The number of fused-ring (bicyclic) bond motifs is 1. The lowest BCUT2D eigenvalue weighted by Gasteiger charge is -2.28. The molecular formula is C29H35F3N4O4. The van der Waals surface area contributed by atoms with E-state index in [0.717, 1.165) is 29.6 Å². The standard InChI is InChI=1S/C27H27F3N4O4.2CH4/c1-33-13-12-18(32-33)16-37-20-10-11-23-24(14-20)34(15-17-6-8-19(9-7-17)38-27(28,29)30)25(31-23)21-4-2-3-5-22(21)26(35)36;;/h6-14,21-22H,2-5,15-16H2,1H3,(H,35,36);2*1H4/t21?,22-;;/m0../s1. The molecule has 2 atom stereocenters. The van der Waals surface area contributed by atoms with Crippen LogP contribution in [0.1, 0.15) is 63.5 Å². The first kappa shape index (κ1) is 30.5. The predicted molar refractivity (Wildman–Crippen MR) is 145 cm³/mol. The van der Waals surface area contributed by atoms with E-state index in [-0.39, 0.29) is 33.1 Å². The van der Waals surface area contributed by atoms with Gasteiger partial charge in [-0.1, -0.05) is 39.8 Å². The summed E-state index contributed by atoms with van der Waals surface area (Å²) in [5, 5.41) is 14.2. The molecule has 0 aliphatic heterocycles. The average molecular weight is 561 g/mol. The van der Waals surface area contributed by atoms with E-state index in [4.69, 9.17) is 9.72 Å². The number of alkyl halides is 3. The van der Waals surface area contributed by atoms with Crippen LogP contribution in [0.2, 0.25) is 0 Å². The molecule has 2 aromatic carbocycles. The molecule has 1 aliphatic carbocycles. The number of rotatable bonds is 8. The van der Waals surface area contributed by atoms with E-state index in [1.807, 2.05) is 42.1 Å². The van der Waals surface area contributed by atoms with Crippen molar-refractivity contribution in [3.05, 3.63) is 71.8 Å². The summed E-state index contributed by atoms with van der Waals surface area (Å²) in [7, 11) is 1.83. The number of aromatic nitrogens is 4. The summed E-state index contributed by atoms with van der Waals surface area (Å²) < 4.78 is 51.4. The number of benzene rings is 2. The van der Waals surface area contributed by atoms with E-state index in [9.17, 15) is 23.1 Å². The maximum atomic E-state index is 12.6. The second-order valence-corrected chi connectivity index (χ2v) is 9.50. The fraction of sp³-hybridized carbons (Fsp3) is 0.414. The van der Waals surface area contributed by atoms with Gasteiger partial charge in [-0.25, -0.2) is 4.98 Å². The van der Waals surface area contributed by atoms with Gasteiger partial charge in [-0.3, -0.25) is 9.48 Å². The van der Waals surface area contributed by atoms with Gasteiger partial charge in [0.25, 0.3) is 0 Å². The number of imidazole rings is 1. The van der Waals surface area contributed by atoms with Crippen molar-refractivity contribution in [3.8, 4) is 11.5 Å². The number of aryl methyl sites for hydroxylation is 1. The van der Waals surface area contributed by atoms with E-state index < -0.39 is 18.2 Å². The highest BCUT2D eigenvalue weighted by atomic mass is 19.4. The van der Waals surface area contributed by atoms with Crippen molar-refractivity contribution >= 4 is 17.0 Å². The zero-order valence-corrected chi connectivity index (χ0v) is 20.7. The van der Waals surface area contributed by atoms with Crippen LogP contribution >= 0.6 is 0 Å². The van der Waals surface area contributed by atoms with Crippen molar-refractivity contribution in [2.45, 2.75) is 66.0 Å². The molecule has 216 valence electrons. The van der Waals surface area contributed by atoms with Crippen LogP contribution in [-0.2, 0) is 25.0 Å². The third kappa shape index (κ3) is 6.94. The minimum atomic E-state index is -4.77. The molecule has 0 spiro atoms. The summed E-state index contributed by atoms with van der Waals surface area (Å²) >= 11 is 0. The monoisotopic (exact) mass is 560 g/mol. The van der Waals surface area contributed by atoms with Crippen molar-refractivity contribution in [3.63, 3.8) is 0 Å². The quantitative estimate of drug-likeness (QED) is 0.251. The van der Waals surface area contributed by atoms with Gasteiger partial charge in [0, 0.05) is 31.8 Å². The highest BCUT2D eigenvalue weighted by Gasteiger charge is 2.35. The SMILES string of the molecule is C.C.Cn1ccc(COc2ccc3nc(C4CCCC[C@@H]4C(=O)O)n(Cc4ccc(OC(F)(F)F)cc4)c3c2)n1. The third-order valence-corrected chi connectivity index (χ3v) is 6.82. The molecular weight excluding hydrogens is 525 g/mol. The molecule has 1 fully saturated rings. The van der Waals surface area contributed by atoms with Gasteiger partial charge in [0.05, 0.1) is 22.6 Å². The van der Waals surface area contributed by atoms with Crippen molar-refractivity contribution in [1.29, 1.82) is 0 Å². The Morgan fingerprint density at radius 2 is 1.75 bits per heavy atom. The largest absolute Gasteiger partial charge is 0.573 e. The lowest BCUT2D eigenvalue weighted by atomic mass is 9.78. The maximum Gasteiger partial charge on any atom is 0.573 e. The molecule has 0 bridgehead atoms. The van der Waals surface area contributed by atoms with Crippen LogP contribution < -0.4 is 9.47 Å². The van der Waals surface area contributed by atoms with Crippen LogP contribution in [-0.4, -0.2) is 36.8 Å².